The Kier molecular flexibility index (Phi) is 3.74. The number of aliphatic hydroxyl groups is 1. The molecule has 0 saturated heterocycles. The van der Waals surface area contributed by atoms with Crippen LogP contribution in [0, 0.1) is 5.82 Å². The summed E-state index contributed by atoms with van der Waals surface area (Å²) in [6.45, 7) is 0. The third kappa shape index (κ3) is 2.70. The fourth-order valence-corrected chi connectivity index (χ4v) is 3.00. The second-order valence-corrected chi connectivity index (χ2v) is 5.38. The van der Waals surface area contributed by atoms with Crippen molar-refractivity contribution in [2.45, 2.75) is 12.5 Å². The van der Waals surface area contributed by atoms with Crippen molar-refractivity contribution in [1.29, 1.82) is 0 Å². The van der Waals surface area contributed by atoms with Crippen LogP contribution in [0.2, 0.25) is 0 Å². The Balaban J connectivity index is 2.14. The van der Waals surface area contributed by atoms with Crippen LogP contribution >= 0.6 is 27.3 Å². The first kappa shape index (κ1) is 11.8. The van der Waals surface area contributed by atoms with E-state index in [9.17, 15) is 9.50 Å². The first-order valence-electron chi connectivity index (χ1n) is 4.82. The van der Waals surface area contributed by atoms with Crippen molar-refractivity contribution in [1.82, 2.24) is 0 Å². The van der Waals surface area contributed by atoms with Crippen molar-refractivity contribution in [3.05, 3.63) is 56.4 Å². The highest BCUT2D eigenvalue weighted by Gasteiger charge is 2.13. The normalized spacial score (nSPS) is 12.7. The molecule has 4 heteroatoms. The Hall–Kier alpha value is -0.710. The highest BCUT2D eigenvalue weighted by atomic mass is 79.9. The fourth-order valence-electron chi connectivity index (χ4n) is 1.51. The Labute approximate surface area is 106 Å². The Morgan fingerprint density at radius 2 is 2.12 bits per heavy atom. The van der Waals surface area contributed by atoms with E-state index in [-0.39, 0.29) is 5.82 Å². The van der Waals surface area contributed by atoms with E-state index in [4.69, 9.17) is 0 Å². The molecule has 1 atom stereocenters. The van der Waals surface area contributed by atoms with Gasteiger partial charge < -0.3 is 5.11 Å². The molecule has 0 spiro atoms. The van der Waals surface area contributed by atoms with E-state index in [1.807, 2.05) is 11.4 Å². The monoisotopic (exact) mass is 300 g/mol. The summed E-state index contributed by atoms with van der Waals surface area (Å²) in [5, 5.41) is 11.9. The molecule has 1 aromatic carbocycles. The minimum atomic E-state index is -0.785. The smallest absolute Gasteiger partial charge is 0.129 e. The van der Waals surface area contributed by atoms with E-state index in [0.717, 1.165) is 9.35 Å². The molecular weight excluding hydrogens is 291 g/mol. The van der Waals surface area contributed by atoms with Gasteiger partial charge in [-0.3, -0.25) is 0 Å². The molecule has 2 aromatic rings. The van der Waals surface area contributed by atoms with Crippen LogP contribution in [0.1, 0.15) is 16.5 Å². The third-order valence-corrected chi connectivity index (χ3v) is 4.00. The molecule has 0 aliphatic rings. The predicted molar refractivity (Wildman–Crippen MR) is 67.1 cm³/mol. The molecule has 0 fully saturated rings. The van der Waals surface area contributed by atoms with E-state index in [0.29, 0.717) is 12.0 Å². The van der Waals surface area contributed by atoms with Crippen LogP contribution in [0.25, 0.3) is 0 Å². The Morgan fingerprint density at radius 3 is 2.75 bits per heavy atom. The van der Waals surface area contributed by atoms with E-state index in [1.165, 1.54) is 6.07 Å². The molecule has 1 N–H and O–H groups in total. The molecule has 0 amide bonds. The summed E-state index contributed by atoms with van der Waals surface area (Å²) in [6, 6.07) is 8.26. The van der Waals surface area contributed by atoms with Gasteiger partial charge in [-0.2, -0.15) is 0 Å². The van der Waals surface area contributed by atoms with Crippen LogP contribution in [-0.2, 0) is 6.42 Å². The first-order chi connectivity index (χ1) is 7.66. The van der Waals surface area contributed by atoms with Gasteiger partial charge in [-0.15, -0.1) is 11.3 Å². The van der Waals surface area contributed by atoms with Gasteiger partial charge in [0.15, 0.2) is 0 Å². The number of aliphatic hydroxyl groups excluding tert-OH is 1. The average Bonchev–Trinajstić information content (AvgIpc) is 2.64. The lowest BCUT2D eigenvalue weighted by Crippen LogP contribution is -2.02. The SMILES string of the molecule is OC(Cc1cc(Br)cs1)c1ccccc1F. The summed E-state index contributed by atoms with van der Waals surface area (Å²) in [7, 11) is 0. The van der Waals surface area contributed by atoms with Gasteiger partial charge in [0.05, 0.1) is 6.10 Å². The molecule has 0 aliphatic heterocycles. The quantitative estimate of drug-likeness (QED) is 0.911. The molecule has 0 aliphatic carbocycles. The van der Waals surface area contributed by atoms with E-state index in [2.05, 4.69) is 15.9 Å². The molecule has 1 nitrogen and oxygen atoms in total. The summed E-state index contributed by atoms with van der Waals surface area (Å²) >= 11 is 4.90. The van der Waals surface area contributed by atoms with Gasteiger partial charge in [0.2, 0.25) is 0 Å². The summed E-state index contributed by atoms with van der Waals surface area (Å²) in [4.78, 5) is 1.03. The van der Waals surface area contributed by atoms with Gasteiger partial charge >= 0.3 is 0 Å². The second kappa shape index (κ2) is 5.08. The maximum Gasteiger partial charge on any atom is 0.129 e. The highest BCUT2D eigenvalue weighted by Crippen LogP contribution is 2.26. The molecule has 0 bridgehead atoms. The van der Waals surface area contributed by atoms with Crippen molar-refractivity contribution in [2.24, 2.45) is 0 Å². The number of rotatable bonds is 3. The van der Waals surface area contributed by atoms with Gasteiger partial charge in [-0.25, -0.2) is 4.39 Å². The van der Waals surface area contributed by atoms with Crippen molar-refractivity contribution >= 4 is 27.3 Å². The Bertz CT molecular complexity index is 483. The van der Waals surface area contributed by atoms with Crippen LogP contribution in [0.4, 0.5) is 4.39 Å². The Morgan fingerprint density at radius 1 is 1.38 bits per heavy atom. The fraction of sp³-hybridized carbons (Fsp3) is 0.167. The largest absolute Gasteiger partial charge is 0.388 e. The third-order valence-electron chi connectivity index (χ3n) is 2.28. The van der Waals surface area contributed by atoms with Crippen molar-refractivity contribution in [2.75, 3.05) is 0 Å². The molecule has 2 rings (SSSR count). The van der Waals surface area contributed by atoms with E-state index in [1.54, 1.807) is 29.5 Å². The van der Waals surface area contributed by atoms with Crippen molar-refractivity contribution < 1.29 is 9.50 Å². The maximum absolute atomic E-state index is 13.4. The lowest BCUT2D eigenvalue weighted by Gasteiger charge is -2.10. The van der Waals surface area contributed by atoms with Crippen LogP contribution in [0.15, 0.2) is 40.2 Å². The average molecular weight is 301 g/mol. The van der Waals surface area contributed by atoms with Crippen molar-refractivity contribution in [3.8, 4) is 0 Å². The molecule has 84 valence electrons. The van der Waals surface area contributed by atoms with Gasteiger partial charge in [0.25, 0.3) is 0 Å². The van der Waals surface area contributed by atoms with Crippen molar-refractivity contribution in [3.63, 3.8) is 0 Å². The first-order valence-corrected chi connectivity index (χ1v) is 6.49. The minimum absolute atomic E-state index is 0.354. The van der Waals surface area contributed by atoms with E-state index >= 15 is 0 Å². The molecule has 0 radical (unpaired) electrons. The topological polar surface area (TPSA) is 20.2 Å². The zero-order chi connectivity index (χ0) is 11.5. The standard InChI is InChI=1S/C12H10BrFOS/c13-8-5-9(16-7-8)6-12(15)10-3-1-2-4-11(10)14/h1-5,7,12,15H,6H2. The van der Waals surface area contributed by atoms with Crippen LogP contribution in [0.3, 0.4) is 0 Å². The highest BCUT2D eigenvalue weighted by molar-refractivity contribution is 9.10. The van der Waals surface area contributed by atoms with Gasteiger partial charge in [-0.05, 0) is 28.1 Å². The lowest BCUT2D eigenvalue weighted by molar-refractivity contribution is 0.174. The molecule has 16 heavy (non-hydrogen) atoms. The minimum Gasteiger partial charge on any atom is -0.388 e. The summed E-state index contributed by atoms with van der Waals surface area (Å²) in [5.74, 6) is -0.356. The zero-order valence-electron chi connectivity index (χ0n) is 8.36. The lowest BCUT2D eigenvalue weighted by atomic mass is 10.1. The second-order valence-electron chi connectivity index (χ2n) is 3.47. The van der Waals surface area contributed by atoms with E-state index < -0.39 is 6.10 Å². The van der Waals surface area contributed by atoms with Crippen LogP contribution in [-0.4, -0.2) is 5.11 Å². The number of hydrogen-bond acceptors (Lipinski definition) is 2. The number of hydrogen-bond donors (Lipinski definition) is 1. The number of thiophene rings is 1. The summed E-state index contributed by atoms with van der Waals surface area (Å²) in [5.41, 5.74) is 0.354. The predicted octanol–water partition coefficient (Wildman–Crippen LogP) is 3.93. The summed E-state index contributed by atoms with van der Waals surface area (Å²) < 4.78 is 14.4. The summed E-state index contributed by atoms with van der Waals surface area (Å²) in [6.07, 6.45) is -0.344. The van der Waals surface area contributed by atoms with Gasteiger partial charge in [0.1, 0.15) is 5.82 Å². The van der Waals surface area contributed by atoms with Crippen LogP contribution in [0.5, 0.6) is 0 Å². The number of benzene rings is 1. The van der Waals surface area contributed by atoms with Crippen LogP contribution < -0.4 is 0 Å². The molecule has 0 saturated carbocycles. The van der Waals surface area contributed by atoms with Gasteiger partial charge in [0, 0.05) is 26.7 Å². The molecule has 1 aromatic heterocycles. The van der Waals surface area contributed by atoms with Gasteiger partial charge in [-0.1, -0.05) is 18.2 Å². The number of halogens is 2. The molecule has 1 unspecified atom stereocenters. The maximum atomic E-state index is 13.4. The molecule has 1 heterocycles. The molecular formula is C12H10BrFOS. The zero-order valence-corrected chi connectivity index (χ0v) is 10.8.